The number of aryl methyl sites for hydroxylation is 1. The van der Waals surface area contributed by atoms with Crippen LogP contribution in [0.4, 0.5) is 0 Å². The Hall–Kier alpha value is -1.48. The standard InChI is InChI=1S/C12H10N2S/c1-2-11-14-10-7-13-9-6-4-3-5-8(9)12(10)15-11/h3-7H,2H2,1H3. The quantitative estimate of drug-likeness (QED) is 0.620. The van der Waals surface area contributed by atoms with Crippen molar-refractivity contribution in [2.45, 2.75) is 13.3 Å². The van der Waals surface area contributed by atoms with E-state index in [2.05, 4.69) is 29.0 Å². The average Bonchev–Trinajstić information content (AvgIpc) is 2.72. The molecule has 0 aliphatic rings. The lowest BCUT2D eigenvalue weighted by atomic mass is 10.2. The van der Waals surface area contributed by atoms with Crippen LogP contribution in [0.25, 0.3) is 21.1 Å². The van der Waals surface area contributed by atoms with Crippen LogP contribution < -0.4 is 0 Å². The summed E-state index contributed by atoms with van der Waals surface area (Å²) < 4.78 is 1.26. The van der Waals surface area contributed by atoms with Gasteiger partial charge in [0.05, 0.1) is 21.4 Å². The Kier molecular flexibility index (Phi) is 1.92. The number of benzene rings is 1. The second-order valence-electron chi connectivity index (χ2n) is 3.45. The molecule has 0 N–H and O–H groups in total. The van der Waals surface area contributed by atoms with Gasteiger partial charge in [-0.1, -0.05) is 25.1 Å². The van der Waals surface area contributed by atoms with Crippen molar-refractivity contribution in [2.75, 3.05) is 0 Å². The SMILES string of the molecule is CCc1nc2cnc3ccccc3c2s1. The summed E-state index contributed by atoms with van der Waals surface area (Å²) in [7, 11) is 0. The summed E-state index contributed by atoms with van der Waals surface area (Å²) in [6, 6.07) is 8.22. The van der Waals surface area contributed by atoms with Gasteiger partial charge < -0.3 is 0 Å². The Labute approximate surface area is 91.6 Å². The second kappa shape index (κ2) is 3.28. The van der Waals surface area contributed by atoms with E-state index < -0.39 is 0 Å². The van der Waals surface area contributed by atoms with Crippen molar-refractivity contribution in [3.63, 3.8) is 0 Å². The van der Waals surface area contributed by atoms with E-state index in [-0.39, 0.29) is 0 Å². The number of thiazole rings is 1. The summed E-state index contributed by atoms with van der Waals surface area (Å²) in [5.41, 5.74) is 2.08. The van der Waals surface area contributed by atoms with Crippen LogP contribution in [0.3, 0.4) is 0 Å². The van der Waals surface area contributed by atoms with E-state index in [9.17, 15) is 0 Å². The minimum absolute atomic E-state index is 0.994. The summed E-state index contributed by atoms with van der Waals surface area (Å²) in [5.74, 6) is 0. The topological polar surface area (TPSA) is 25.8 Å². The predicted octanol–water partition coefficient (Wildman–Crippen LogP) is 3.41. The molecule has 0 spiro atoms. The van der Waals surface area contributed by atoms with E-state index in [1.165, 1.54) is 15.1 Å². The van der Waals surface area contributed by atoms with Gasteiger partial charge in [0.2, 0.25) is 0 Å². The van der Waals surface area contributed by atoms with Gasteiger partial charge in [-0.25, -0.2) is 4.98 Å². The number of nitrogens with zero attached hydrogens (tertiary/aromatic N) is 2. The van der Waals surface area contributed by atoms with Crippen molar-refractivity contribution in [3.05, 3.63) is 35.5 Å². The normalized spacial score (nSPS) is 11.3. The maximum atomic E-state index is 4.54. The van der Waals surface area contributed by atoms with Gasteiger partial charge in [-0.2, -0.15) is 0 Å². The largest absolute Gasteiger partial charge is 0.254 e. The second-order valence-corrected chi connectivity index (χ2v) is 4.53. The maximum Gasteiger partial charge on any atom is 0.100 e. The number of hydrogen-bond acceptors (Lipinski definition) is 3. The number of pyridine rings is 1. The van der Waals surface area contributed by atoms with Crippen molar-refractivity contribution < 1.29 is 0 Å². The molecule has 1 aromatic carbocycles. The first-order chi connectivity index (χ1) is 7.38. The third-order valence-electron chi connectivity index (χ3n) is 2.47. The molecule has 0 saturated heterocycles. The van der Waals surface area contributed by atoms with Gasteiger partial charge >= 0.3 is 0 Å². The van der Waals surface area contributed by atoms with Crippen LogP contribution in [0, 0.1) is 0 Å². The summed E-state index contributed by atoms with van der Waals surface area (Å²) in [6.45, 7) is 2.13. The molecule has 15 heavy (non-hydrogen) atoms. The van der Waals surface area contributed by atoms with Gasteiger partial charge in [0.25, 0.3) is 0 Å². The molecule has 0 bridgehead atoms. The average molecular weight is 214 g/mol. The molecule has 0 aliphatic carbocycles. The third-order valence-corrected chi connectivity index (χ3v) is 3.72. The predicted molar refractivity (Wildman–Crippen MR) is 64.3 cm³/mol. The van der Waals surface area contributed by atoms with Gasteiger partial charge in [0.1, 0.15) is 5.52 Å². The van der Waals surface area contributed by atoms with E-state index in [1.807, 2.05) is 18.3 Å². The van der Waals surface area contributed by atoms with E-state index in [0.717, 1.165) is 17.5 Å². The molecule has 0 saturated carbocycles. The Morgan fingerprint density at radius 2 is 2.07 bits per heavy atom. The molecule has 2 nitrogen and oxygen atoms in total. The Balaban J connectivity index is 2.47. The fourth-order valence-electron chi connectivity index (χ4n) is 1.72. The first-order valence-corrected chi connectivity index (χ1v) is 5.83. The van der Waals surface area contributed by atoms with E-state index in [1.54, 1.807) is 11.3 Å². The fraction of sp³-hybridized carbons (Fsp3) is 0.167. The van der Waals surface area contributed by atoms with Gasteiger partial charge in [-0.3, -0.25) is 4.98 Å². The highest BCUT2D eigenvalue weighted by molar-refractivity contribution is 7.19. The van der Waals surface area contributed by atoms with Gasteiger partial charge in [-0.15, -0.1) is 11.3 Å². The molecule has 2 heterocycles. The Bertz CT molecular complexity index is 628. The molecule has 0 amide bonds. The zero-order chi connectivity index (χ0) is 10.3. The number of fused-ring (bicyclic) bond motifs is 3. The molecule has 74 valence electrons. The number of para-hydroxylation sites is 1. The lowest BCUT2D eigenvalue weighted by Crippen LogP contribution is -1.78. The monoisotopic (exact) mass is 214 g/mol. The molecule has 0 aliphatic heterocycles. The molecule has 0 fully saturated rings. The smallest absolute Gasteiger partial charge is 0.100 e. The van der Waals surface area contributed by atoms with Crippen LogP contribution in [-0.2, 0) is 6.42 Å². The van der Waals surface area contributed by atoms with Crippen LogP contribution in [0.5, 0.6) is 0 Å². The summed E-state index contributed by atoms with van der Waals surface area (Å²) in [5, 5.41) is 2.40. The third kappa shape index (κ3) is 1.31. The molecule has 0 unspecified atom stereocenters. The van der Waals surface area contributed by atoms with Crippen LogP contribution >= 0.6 is 11.3 Å². The molecule has 3 aromatic rings. The van der Waals surface area contributed by atoms with Crippen LogP contribution in [0.2, 0.25) is 0 Å². The number of rotatable bonds is 1. The zero-order valence-electron chi connectivity index (χ0n) is 8.40. The first-order valence-electron chi connectivity index (χ1n) is 5.01. The summed E-state index contributed by atoms with van der Waals surface area (Å²) in [6.07, 6.45) is 2.86. The number of aromatic nitrogens is 2. The maximum absolute atomic E-state index is 4.54. The number of hydrogen-bond donors (Lipinski definition) is 0. The van der Waals surface area contributed by atoms with Gasteiger partial charge in [-0.05, 0) is 12.5 Å². The fourth-order valence-corrected chi connectivity index (χ4v) is 2.73. The molecule has 3 rings (SSSR count). The van der Waals surface area contributed by atoms with Crippen molar-refractivity contribution >= 4 is 32.5 Å². The van der Waals surface area contributed by atoms with Crippen LogP contribution in [0.1, 0.15) is 11.9 Å². The van der Waals surface area contributed by atoms with Crippen LogP contribution in [-0.4, -0.2) is 9.97 Å². The highest BCUT2D eigenvalue weighted by atomic mass is 32.1. The van der Waals surface area contributed by atoms with Gasteiger partial charge in [0, 0.05) is 5.39 Å². The van der Waals surface area contributed by atoms with Crippen molar-refractivity contribution in [1.82, 2.24) is 9.97 Å². The molecule has 3 heteroatoms. The minimum Gasteiger partial charge on any atom is -0.254 e. The minimum atomic E-state index is 0.994. The Morgan fingerprint density at radius 3 is 2.93 bits per heavy atom. The van der Waals surface area contributed by atoms with Crippen molar-refractivity contribution in [2.24, 2.45) is 0 Å². The molecule has 2 aromatic heterocycles. The summed E-state index contributed by atoms with van der Waals surface area (Å²) >= 11 is 1.78. The van der Waals surface area contributed by atoms with E-state index in [0.29, 0.717) is 0 Å². The Morgan fingerprint density at radius 1 is 1.20 bits per heavy atom. The van der Waals surface area contributed by atoms with E-state index >= 15 is 0 Å². The van der Waals surface area contributed by atoms with Crippen LogP contribution in [0.15, 0.2) is 30.5 Å². The van der Waals surface area contributed by atoms with Gasteiger partial charge in [0.15, 0.2) is 0 Å². The highest BCUT2D eigenvalue weighted by Gasteiger charge is 2.06. The molecular formula is C12H10N2S. The molecule has 0 radical (unpaired) electrons. The zero-order valence-corrected chi connectivity index (χ0v) is 9.21. The van der Waals surface area contributed by atoms with Crippen molar-refractivity contribution in [3.8, 4) is 0 Å². The first kappa shape index (κ1) is 8.80. The molecule has 0 atom stereocenters. The summed E-state index contributed by atoms with van der Waals surface area (Å²) in [4.78, 5) is 8.94. The lowest BCUT2D eigenvalue weighted by Gasteiger charge is -1.95. The highest BCUT2D eigenvalue weighted by Crippen LogP contribution is 2.28. The van der Waals surface area contributed by atoms with Crippen molar-refractivity contribution in [1.29, 1.82) is 0 Å². The molecular weight excluding hydrogens is 204 g/mol. The lowest BCUT2D eigenvalue weighted by molar-refractivity contribution is 1.11. The van der Waals surface area contributed by atoms with E-state index in [4.69, 9.17) is 0 Å².